The Kier molecular flexibility index (Phi) is 6.98. The van der Waals surface area contributed by atoms with Crippen LogP contribution in [-0.4, -0.2) is 38.6 Å². The molecule has 0 radical (unpaired) electrons. The van der Waals surface area contributed by atoms with E-state index in [-0.39, 0.29) is 18.4 Å². The Bertz CT molecular complexity index is 671. The van der Waals surface area contributed by atoms with Crippen molar-refractivity contribution in [2.24, 2.45) is 0 Å². The number of benzene rings is 2. The van der Waals surface area contributed by atoms with Crippen molar-refractivity contribution in [2.75, 3.05) is 26.8 Å². The van der Waals surface area contributed by atoms with E-state index in [2.05, 4.69) is 10.6 Å². The number of carbonyl (C=O) groups excluding carboxylic acids is 2. The van der Waals surface area contributed by atoms with Crippen LogP contribution < -0.4 is 10.6 Å². The standard InChI is InChI=1S/C19H22N2O3/c1-24-12-11-20-18(22)14-21-19(23)17-10-6-5-9-16(17)13-15-7-3-2-4-8-15/h2-10H,11-14H2,1H3,(H,20,22)(H,21,23). The second kappa shape index (κ2) is 9.47. The number of ether oxygens (including phenoxy) is 1. The molecule has 2 aromatic rings. The van der Waals surface area contributed by atoms with Gasteiger partial charge in [0.15, 0.2) is 0 Å². The van der Waals surface area contributed by atoms with Gasteiger partial charge in [-0.25, -0.2) is 0 Å². The van der Waals surface area contributed by atoms with Crippen LogP contribution in [0.25, 0.3) is 0 Å². The number of carbonyl (C=O) groups is 2. The summed E-state index contributed by atoms with van der Waals surface area (Å²) in [4.78, 5) is 24.0. The molecule has 0 spiro atoms. The molecule has 0 aliphatic heterocycles. The molecule has 0 heterocycles. The minimum Gasteiger partial charge on any atom is -0.383 e. The van der Waals surface area contributed by atoms with Gasteiger partial charge >= 0.3 is 0 Å². The normalized spacial score (nSPS) is 10.2. The first-order valence-electron chi connectivity index (χ1n) is 7.86. The summed E-state index contributed by atoms with van der Waals surface area (Å²) in [6.45, 7) is 0.817. The quantitative estimate of drug-likeness (QED) is 0.727. The van der Waals surface area contributed by atoms with Gasteiger partial charge in [0.05, 0.1) is 13.2 Å². The Morgan fingerprint density at radius 2 is 1.67 bits per heavy atom. The first-order valence-corrected chi connectivity index (χ1v) is 7.86. The minimum atomic E-state index is -0.247. The van der Waals surface area contributed by atoms with Crippen LogP contribution in [0.4, 0.5) is 0 Å². The lowest BCUT2D eigenvalue weighted by Gasteiger charge is -2.10. The van der Waals surface area contributed by atoms with Gasteiger partial charge in [0, 0.05) is 19.2 Å². The summed E-state index contributed by atoms with van der Waals surface area (Å²) >= 11 is 0. The van der Waals surface area contributed by atoms with E-state index >= 15 is 0 Å². The van der Waals surface area contributed by atoms with Crippen LogP contribution in [0.5, 0.6) is 0 Å². The summed E-state index contributed by atoms with van der Waals surface area (Å²) in [5.41, 5.74) is 2.65. The van der Waals surface area contributed by atoms with E-state index in [4.69, 9.17) is 4.74 Å². The number of hydrogen-bond acceptors (Lipinski definition) is 3. The lowest BCUT2D eigenvalue weighted by molar-refractivity contribution is -0.120. The molecule has 2 aromatic carbocycles. The molecular formula is C19H22N2O3. The molecule has 0 fully saturated rings. The molecule has 0 saturated carbocycles. The lowest BCUT2D eigenvalue weighted by atomic mass is 9.99. The lowest BCUT2D eigenvalue weighted by Crippen LogP contribution is -2.38. The summed E-state index contributed by atoms with van der Waals surface area (Å²) in [5.74, 6) is -0.482. The number of methoxy groups -OCH3 is 1. The highest BCUT2D eigenvalue weighted by Crippen LogP contribution is 2.14. The largest absolute Gasteiger partial charge is 0.383 e. The number of hydrogen-bond donors (Lipinski definition) is 2. The van der Waals surface area contributed by atoms with Gasteiger partial charge in [0.25, 0.3) is 5.91 Å². The highest BCUT2D eigenvalue weighted by molar-refractivity contribution is 5.97. The molecule has 24 heavy (non-hydrogen) atoms. The zero-order valence-corrected chi connectivity index (χ0v) is 13.7. The van der Waals surface area contributed by atoms with E-state index in [9.17, 15) is 9.59 Å². The smallest absolute Gasteiger partial charge is 0.252 e. The molecular weight excluding hydrogens is 304 g/mol. The van der Waals surface area contributed by atoms with Crippen molar-refractivity contribution in [1.29, 1.82) is 0 Å². The predicted octanol–water partition coefficient (Wildman–Crippen LogP) is 1.77. The fraction of sp³-hybridized carbons (Fsp3) is 0.263. The third-order valence-corrected chi connectivity index (χ3v) is 3.54. The summed E-state index contributed by atoms with van der Waals surface area (Å²) in [5, 5.41) is 5.33. The van der Waals surface area contributed by atoms with Crippen molar-refractivity contribution in [1.82, 2.24) is 10.6 Å². The molecule has 2 amide bonds. The second-order valence-electron chi connectivity index (χ2n) is 5.34. The van der Waals surface area contributed by atoms with Crippen molar-refractivity contribution in [2.45, 2.75) is 6.42 Å². The highest BCUT2D eigenvalue weighted by atomic mass is 16.5. The maximum Gasteiger partial charge on any atom is 0.252 e. The van der Waals surface area contributed by atoms with E-state index < -0.39 is 0 Å². The molecule has 0 atom stereocenters. The third-order valence-electron chi connectivity index (χ3n) is 3.54. The van der Waals surface area contributed by atoms with Crippen LogP contribution in [0.2, 0.25) is 0 Å². The molecule has 0 bridgehead atoms. The van der Waals surface area contributed by atoms with Crippen molar-refractivity contribution in [3.05, 3.63) is 71.3 Å². The number of nitrogens with one attached hydrogen (secondary N) is 2. The molecule has 2 N–H and O–H groups in total. The Morgan fingerprint density at radius 1 is 0.958 bits per heavy atom. The second-order valence-corrected chi connectivity index (χ2v) is 5.34. The van der Waals surface area contributed by atoms with Crippen LogP contribution >= 0.6 is 0 Å². The average molecular weight is 326 g/mol. The fourth-order valence-electron chi connectivity index (χ4n) is 2.32. The zero-order valence-electron chi connectivity index (χ0n) is 13.7. The van der Waals surface area contributed by atoms with Crippen molar-refractivity contribution in [3.63, 3.8) is 0 Å². The SMILES string of the molecule is COCCNC(=O)CNC(=O)c1ccccc1Cc1ccccc1. The minimum absolute atomic E-state index is 0.0534. The van der Waals surface area contributed by atoms with Crippen LogP contribution in [0.1, 0.15) is 21.5 Å². The van der Waals surface area contributed by atoms with Gasteiger partial charge in [0.2, 0.25) is 5.91 Å². The summed E-state index contributed by atoms with van der Waals surface area (Å²) in [6, 6.07) is 17.4. The maximum atomic E-state index is 12.4. The van der Waals surface area contributed by atoms with Gasteiger partial charge in [-0.3, -0.25) is 9.59 Å². The third kappa shape index (κ3) is 5.52. The molecule has 0 aromatic heterocycles. The molecule has 5 heteroatoms. The predicted molar refractivity (Wildman–Crippen MR) is 92.9 cm³/mol. The summed E-state index contributed by atoms with van der Waals surface area (Å²) < 4.78 is 4.86. The van der Waals surface area contributed by atoms with Gasteiger partial charge < -0.3 is 15.4 Å². The van der Waals surface area contributed by atoms with Crippen LogP contribution in [0.3, 0.4) is 0 Å². The van der Waals surface area contributed by atoms with E-state index in [1.807, 2.05) is 48.5 Å². The summed E-state index contributed by atoms with van der Waals surface area (Å²) in [7, 11) is 1.57. The Morgan fingerprint density at radius 3 is 2.42 bits per heavy atom. The van der Waals surface area contributed by atoms with Gasteiger partial charge in [-0.05, 0) is 23.6 Å². The fourth-order valence-corrected chi connectivity index (χ4v) is 2.32. The molecule has 0 unspecified atom stereocenters. The van der Waals surface area contributed by atoms with Crippen molar-refractivity contribution in [3.8, 4) is 0 Å². The van der Waals surface area contributed by atoms with E-state index in [1.54, 1.807) is 13.2 Å². The number of amides is 2. The zero-order chi connectivity index (χ0) is 17.2. The first kappa shape index (κ1) is 17.7. The molecule has 5 nitrogen and oxygen atoms in total. The number of rotatable bonds is 8. The molecule has 126 valence electrons. The van der Waals surface area contributed by atoms with Gasteiger partial charge in [0.1, 0.15) is 0 Å². The maximum absolute atomic E-state index is 12.4. The molecule has 0 saturated heterocycles. The van der Waals surface area contributed by atoms with E-state index in [0.717, 1.165) is 11.1 Å². The van der Waals surface area contributed by atoms with E-state index in [0.29, 0.717) is 25.1 Å². The summed E-state index contributed by atoms with van der Waals surface area (Å²) in [6.07, 6.45) is 0.671. The highest BCUT2D eigenvalue weighted by Gasteiger charge is 2.12. The Balaban J connectivity index is 1.96. The van der Waals surface area contributed by atoms with Crippen molar-refractivity contribution < 1.29 is 14.3 Å². The van der Waals surface area contributed by atoms with Crippen molar-refractivity contribution >= 4 is 11.8 Å². The van der Waals surface area contributed by atoms with Gasteiger partial charge in [-0.1, -0.05) is 48.5 Å². The monoisotopic (exact) mass is 326 g/mol. The van der Waals surface area contributed by atoms with Gasteiger partial charge in [-0.15, -0.1) is 0 Å². The van der Waals surface area contributed by atoms with Crippen LogP contribution in [0.15, 0.2) is 54.6 Å². The van der Waals surface area contributed by atoms with Crippen LogP contribution in [-0.2, 0) is 16.0 Å². The average Bonchev–Trinajstić information content (AvgIpc) is 2.61. The molecule has 0 aliphatic carbocycles. The Labute approximate surface area is 142 Å². The molecule has 2 rings (SSSR count). The topological polar surface area (TPSA) is 67.4 Å². The molecule has 0 aliphatic rings. The Hall–Kier alpha value is -2.66. The van der Waals surface area contributed by atoms with Crippen LogP contribution in [0, 0.1) is 0 Å². The van der Waals surface area contributed by atoms with Gasteiger partial charge in [-0.2, -0.15) is 0 Å². The first-order chi connectivity index (χ1) is 11.7. The van der Waals surface area contributed by atoms with E-state index in [1.165, 1.54) is 0 Å².